The van der Waals surface area contributed by atoms with Gasteiger partial charge in [0.1, 0.15) is 13.2 Å². The molecule has 0 saturated heterocycles. The first-order valence-electron chi connectivity index (χ1n) is 35.7. The molecular weight excluding hydrogens is 1030 g/mol. The highest BCUT2D eigenvalue weighted by Gasteiger charge is 2.28. The monoisotopic (exact) mass is 1170 g/mol. The lowest BCUT2D eigenvalue weighted by Crippen LogP contribution is -2.46. The first kappa shape index (κ1) is 80.2. The summed E-state index contributed by atoms with van der Waals surface area (Å²) in [4.78, 5) is 23.5. The maximum absolute atomic E-state index is 13.1. The Morgan fingerprint density at radius 1 is 0.427 bits per heavy atom. The molecule has 3 N–H and O–H groups in total. The number of allylic oxidation sites excluding steroid dienone is 10. The number of carbonyl (C=O) groups excluding carboxylic acids is 1. The highest BCUT2D eigenvalue weighted by Crippen LogP contribution is 2.43. The molecule has 0 fully saturated rings. The van der Waals surface area contributed by atoms with Crippen molar-refractivity contribution in [2.75, 3.05) is 40.9 Å². The van der Waals surface area contributed by atoms with Crippen LogP contribution < -0.4 is 5.32 Å². The molecule has 1 amide bonds. The van der Waals surface area contributed by atoms with Crippen molar-refractivity contribution in [3.05, 3.63) is 60.8 Å². The van der Waals surface area contributed by atoms with E-state index in [9.17, 15) is 19.4 Å². The molecule has 0 radical (unpaired) electrons. The summed E-state index contributed by atoms with van der Waals surface area (Å²) in [5.41, 5.74) is 0. The van der Waals surface area contributed by atoms with E-state index in [0.717, 1.165) is 70.6 Å². The molecule has 482 valence electrons. The predicted molar refractivity (Wildman–Crippen MR) is 360 cm³/mol. The van der Waals surface area contributed by atoms with E-state index in [1.807, 2.05) is 21.1 Å². The van der Waals surface area contributed by atoms with Gasteiger partial charge in [-0.1, -0.05) is 344 Å². The van der Waals surface area contributed by atoms with E-state index < -0.39 is 20.0 Å². The zero-order valence-corrected chi connectivity index (χ0v) is 56.1. The fourth-order valence-electron chi connectivity index (χ4n) is 10.8. The van der Waals surface area contributed by atoms with Gasteiger partial charge in [0.15, 0.2) is 0 Å². The molecule has 0 aliphatic carbocycles. The van der Waals surface area contributed by atoms with Gasteiger partial charge in [0.05, 0.1) is 39.9 Å². The van der Waals surface area contributed by atoms with Crippen LogP contribution in [0.4, 0.5) is 0 Å². The molecule has 0 aliphatic rings. The molecule has 0 saturated carbocycles. The number of rotatable bonds is 66. The minimum absolute atomic E-state index is 0.0739. The Morgan fingerprint density at radius 2 is 0.732 bits per heavy atom. The summed E-state index contributed by atoms with van der Waals surface area (Å²) in [5, 5.41) is 14.2. The van der Waals surface area contributed by atoms with Gasteiger partial charge in [0.25, 0.3) is 0 Å². The molecule has 3 atom stereocenters. The zero-order valence-electron chi connectivity index (χ0n) is 55.2. The van der Waals surface area contributed by atoms with Gasteiger partial charge in [-0.05, 0) is 57.8 Å². The Balaban J connectivity index is 4.02. The smallest absolute Gasteiger partial charge is 0.391 e. The normalized spacial score (nSPS) is 14.0. The topological polar surface area (TPSA) is 105 Å². The molecular formula is C73H140N2O6P+. The van der Waals surface area contributed by atoms with Crippen LogP contribution in [0.25, 0.3) is 0 Å². The van der Waals surface area contributed by atoms with Crippen LogP contribution in [0.3, 0.4) is 0 Å². The predicted octanol–water partition coefficient (Wildman–Crippen LogP) is 22.8. The van der Waals surface area contributed by atoms with E-state index in [-0.39, 0.29) is 19.1 Å². The number of amides is 1. The van der Waals surface area contributed by atoms with Crippen LogP contribution in [0.5, 0.6) is 0 Å². The van der Waals surface area contributed by atoms with Crippen molar-refractivity contribution in [1.29, 1.82) is 0 Å². The second-order valence-corrected chi connectivity index (χ2v) is 27.0. The molecule has 0 aromatic heterocycles. The molecule has 8 nitrogen and oxygen atoms in total. The summed E-state index contributed by atoms with van der Waals surface area (Å²) in [5.74, 6) is -0.142. The Bertz CT molecular complexity index is 1520. The van der Waals surface area contributed by atoms with Gasteiger partial charge in [0, 0.05) is 6.42 Å². The largest absolute Gasteiger partial charge is 0.472 e. The lowest BCUT2D eigenvalue weighted by Gasteiger charge is -2.26. The minimum atomic E-state index is -4.33. The van der Waals surface area contributed by atoms with Crippen LogP contribution in [0, 0.1) is 0 Å². The molecule has 3 unspecified atom stereocenters. The van der Waals surface area contributed by atoms with Gasteiger partial charge in [-0.3, -0.25) is 13.8 Å². The Kier molecular flexibility index (Phi) is 62.3. The first-order chi connectivity index (χ1) is 40.0. The highest BCUT2D eigenvalue weighted by molar-refractivity contribution is 7.47. The van der Waals surface area contributed by atoms with Crippen LogP contribution in [-0.2, 0) is 18.4 Å². The number of aliphatic hydroxyl groups excluding tert-OH is 1. The van der Waals surface area contributed by atoms with Gasteiger partial charge < -0.3 is 19.8 Å². The number of phosphoric ester groups is 1. The molecule has 0 aromatic carbocycles. The van der Waals surface area contributed by atoms with Crippen molar-refractivity contribution in [3.8, 4) is 0 Å². The van der Waals surface area contributed by atoms with Gasteiger partial charge in [-0.15, -0.1) is 0 Å². The molecule has 0 spiro atoms. The molecule has 0 aliphatic heterocycles. The Morgan fingerprint density at radius 3 is 1.07 bits per heavy atom. The standard InChI is InChI=1S/C73H139N2O6P/c1-6-8-10-12-14-16-18-20-22-24-26-28-30-32-34-36-37-39-40-42-44-46-48-50-52-54-56-58-60-62-64-66-72(76)71(70-81-82(78,79)80-69-68-75(3,4)5)74-73(77)67-65-63-61-59-57-55-53-51-49-47-45-43-41-38-35-33-31-29-27-25-23-21-19-17-15-13-11-9-7-2/h9,11,15,17,21,23,27,29,33,35,71-72,76H,6-8,10,12-14,16,18-20,22,24-26,28,30-32,34,36-70H2,1-5H3,(H-,74,77,78,79)/p+1/b11-9-,17-15-,23-21-,29-27-,35-33-. The summed E-state index contributed by atoms with van der Waals surface area (Å²) in [7, 11) is 1.62. The van der Waals surface area contributed by atoms with Gasteiger partial charge in [-0.2, -0.15) is 0 Å². The summed E-state index contributed by atoms with van der Waals surface area (Å²) in [6.07, 6.45) is 87.6. The number of aliphatic hydroxyl groups is 1. The van der Waals surface area contributed by atoms with Gasteiger partial charge in [0.2, 0.25) is 5.91 Å². The van der Waals surface area contributed by atoms with E-state index in [1.165, 1.54) is 250 Å². The maximum Gasteiger partial charge on any atom is 0.472 e. The molecule has 0 aromatic rings. The number of unbranched alkanes of at least 4 members (excludes halogenated alkanes) is 43. The number of hydrogen-bond donors (Lipinski definition) is 3. The number of nitrogens with zero attached hydrogens (tertiary/aromatic N) is 1. The number of phosphoric acid groups is 1. The highest BCUT2D eigenvalue weighted by atomic mass is 31.2. The number of carbonyl (C=O) groups is 1. The number of likely N-dealkylation sites (N-methyl/N-ethyl adjacent to an activating group) is 1. The number of hydrogen-bond acceptors (Lipinski definition) is 5. The van der Waals surface area contributed by atoms with Crippen LogP contribution in [0.2, 0.25) is 0 Å². The van der Waals surface area contributed by atoms with Crippen molar-refractivity contribution in [2.45, 2.75) is 360 Å². The quantitative estimate of drug-likeness (QED) is 0.0243. The van der Waals surface area contributed by atoms with E-state index in [0.29, 0.717) is 23.9 Å². The zero-order chi connectivity index (χ0) is 59.8. The fourth-order valence-corrected chi connectivity index (χ4v) is 11.5. The van der Waals surface area contributed by atoms with E-state index in [1.54, 1.807) is 0 Å². The lowest BCUT2D eigenvalue weighted by molar-refractivity contribution is -0.870. The third kappa shape index (κ3) is 65.7. The summed E-state index contributed by atoms with van der Waals surface area (Å²) in [6.45, 7) is 4.82. The molecule has 0 heterocycles. The second-order valence-electron chi connectivity index (χ2n) is 25.6. The third-order valence-electron chi connectivity index (χ3n) is 16.3. The van der Waals surface area contributed by atoms with E-state index >= 15 is 0 Å². The summed E-state index contributed by atoms with van der Waals surface area (Å²) in [6, 6.07) is -0.766. The summed E-state index contributed by atoms with van der Waals surface area (Å²) >= 11 is 0. The summed E-state index contributed by atoms with van der Waals surface area (Å²) < 4.78 is 23.9. The van der Waals surface area contributed by atoms with Crippen molar-refractivity contribution < 1.29 is 32.9 Å². The second kappa shape index (κ2) is 63.7. The van der Waals surface area contributed by atoms with Crippen molar-refractivity contribution in [3.63, 3.8) is 0 Å². The van der Waals surface area contributed by atoms with Crippen molar-refractivity contribution in [1.82, 2.24) is 5.32 Å². The van der Waals surface area contributed by atoms with E-state index in [4.69, 9.17) is 9.05 Å². The fraction of sp³-hybridized carbons (Fsp3) is 0.849. The number of nitrogens with one attached hydrogen (secondary N) is 1. The molecule has 0 bridgehead atoms. The molecule has 82 heavy (non-hydrogen) atoms. The first-order valence-corrected chi connectivity index (χ1v) is 37.1. The molecule has 0 rings (SSSR count). The Hall–Kier alpha value is -1.80. The average Bonchev–Trinajstić information content (AvgIpc) is 3.47. The van der Waals surface area contributed by atoms with Crippen molar-refractivity contribution >= 4 is 13.7 Å². The molecule has 9 heteroatoms. The average molecular weight is 1170 g/mol. The number of quaternary nitrogens is 1. The van der Waals surface area contributed by atoms with Crippen LogP contribution in [0.15, 0.2) is 60.8 Å². The Labute approximate surface area is 511 Å². The van der Waals surface area contributed by atoms with Crippen molar-refractivity contribution in [2.24, 2.45) is 0 Å². The van der Waals surface area contributed by atoms with Crippen LogP contribution in [-0.4, -0.2) is 73.4 Å². The third-order valence-corrected chi connectivity index (χ3v) is 17.3. The SMILES string of the molecule is CC/C=C\C/C=C\C/C=C\C/C=C\C/C=C\CCCCCCCCCCCCCCCC(=O)NC(COP(=O)(O)OCC[N+](C)(C)C)C(O)CCCCCCCCCCCCCCCCCCCCCCCCCCCCCCCCC. The lowest BCUT2D eigenvalue weighted by atomic mass is 10.0. The maximum atomic E-state index is 13.1. The van der Waals surface area contributed by atoms with Crippen LogP contribution in [0.1, 0.15) is 348 Å². The van der Waals surface area contributed by atoms with Gasteiger partial charge in [-0.25, -0.2) is 4.57 Å². The minimum Gasteiger partial charge on any atom is -0.391 e. The van der Waals surface area contributed by atoms with E-state index in [2.05, 4.69) is 79.9 Å². The van der Waals surface area contributed by atoms with Gasteiger partial charge >= 0.3 is 7.82 Å². The van der Waals surface area contributed by atoms with Crippen LogP contribution >= 0.6 is 7.82 Å².